The molecule has 0 spiro atoms. The van der Waals surface area contributed by atoms with Crippen molar-refractivity contribution in [1.29, 1.82) is 0 Å². The molecule has 3 aromatic carbocycles. The molecule has 0 atom stereocenters. The van der Waals surface area contributed by atoms with Gasteiger partial charge in [-0.1, -0.05) is 66.7 Å². The Hall–Kier alpha value is -3.38. The van der Waals surface area contributed by atoms with Crippen LogP contribution in [0.2, 0.25) is 0 Å². The molecule has 33 heavy (non-hydrogen) atoms. The van der Waals surface area contributed by atoms with Gasteiger partial charge in [0.15, 0.2) is 0 Å². The van der Waals surface area contributed by atoms with Crippen LogP contribution in [-0.2, 0) is 37.4 Å². The van der Waals surface area contributed by atoms with E-state index < -0.39 is 11.7 Å². The Bertz CT molecular complexity index is 1180. The fraction of sp³-hybridized carbons (Fsp3) is 0.222. The molecule has 4 rings (SSSR count). The quantitative estimate of drug-likeness (QED) is 0.288. The van der Waals surface area contributed by atoms with Gasteiger partial charge >= 0.3 is 6.18 Å². The van der Waals surface area contributed by atoms with E-state index in [1.54, 1.807) is 0 Å². The number of halogens is 3. The summed E-state index contributed by atoms with van der Waals surface area (Å²) in [5.74, 6) is 0.919. The van der Waals surface area contributed by atoms with Gasteiger partial charge in [0.05, 0.1) is 24.5 Å². The van der Waals surface area contributed by atoms with E-state index in [9.17, 15) is 13.2 Å². The number of benzene rings is 3. The highest BCUT2D eigenvalue weighted by Gasteiger charge is 2.29. The molecule has 0 saturated heterocycles. The third-order valence-corrected chi connectivity index (χ3v) is 5.52. The van der Waals surface area contributed by atoms with Crippen LogP contribution in [0.1, 0.15) is 28.1 Å². The Morgan fingerprint density at radius 1 is 0.848 bits per heavy atom. The average Bonchev–Trinajstić information content (AvgIpc) is 3.18. The van der Waals surface area contributed by atoms with E-state index in [0.717, 1.165) is 45.9 Å². The minimum atomic E-state index is -4.33. The summed E-state index contributed by atoms with van der Waals surface area (Å²) < 4.78 is 46.3. The Balaban J connectivity index is 1.44. The van der Waals surface area contributed by atoms with Crippen LogP contribution >= 0.6 is 0 Å². The minimum absolute atomic E-state index is 0.528. The topological polar surface area (TPSA) is 27.1 Å². The Kier molecular flexibility index (Phi) is 6.94. The van der Waals surface area contributed by atoms with Crippen molar-refractivity contribution in [2.75, 3.05) is 6.61 Å². The maximum absolute atomic E-state index is 12.9. The summed E-state index contributed by atoms with van der Waals surface area (Å²) in [6.07, 6.45) is -1.13. The van der Waals surface area contributed by atoms with Gasteiger partial charge in [-0.05, 0) is 35.2 Å². The average molecular weight is 451 g/mol. The van der Waals surface area contributed by atoms with Crippen LogP contribution < -0.4 is 0 Å². The molecule has 0 saturated carbocycles. The highest BCUT2D eigenvalue weighted by Crippen LogP contribution is 2.30. The van der Waals surface area contributed by atoms with E-state index in [2.05, 4.69) is 0 Å². The molecule has 0 radical (unpaired) electrons. The van der Waals surface area contributed by atoms with Crippen LogP contribution in [0.5, 0.6) is 0 Å². The van der Waals surface area contributed by atoms with Crippen LogP contribution in [0.25, 0.3) is 11.3 Å². The molecule has 3 nitrogen and oxygen atoms in total. The molecule has 1 heterocycles. The Morgan fingerprint density at radius 2 is 1.55 bits per heavy atom. The molecule has 0 aliphatic carbocycles. The van der Waals surface area contributed by atoms with Crippen LogP contribution in [0.15, 0.2) is 85.1 Å². The van der Waals surface area contributed by atoms with Crippen LogP contribution in [0.3, 0.4) is 0 Å². The molecule has 1 aromatic heterocycles. The van der Waals surface area contributed by atoms with E-state index in [0.29, 0.717) is 26.1 Å². The van der Waals surface area contributed by atoms with Gasteiger partial charge in [0, 0.05) is 25.2 Å². The summed E-state index contributed by atoms with van der Waals surface area (Å²) >= 11 is 0. The van der Waals surface area contributed by atoms with Crippen molar-refractivity contribution < 1.29 is 17.9 Å². The van der Waals surface area contributed by atoms with Gasteiger partial charge in [-0.15, -0.1) is 0 Å². The molecule has 0 unspecified atom stereocenters. The molecule has 0 bridgehead atoms. The van der Waals surface area contributed by atoms with Gasteiger partial charge in [-0.2, -0.15) is 13.2 Å². The summed E-state index contributed by atoms with van der Waals surface area (Å²) in [6.45, 7) is 1.13. The van der Waals surface area contributed by atoms with Gasteiger partial charge in [0.25, 0.3) is 0 Å². The minimum Gasteiger partial charge on any atom is -0.376 e. The Morgan fingerprint density at radius 3 is 2.27 bits per heavy atom. The van der Waals surface area contributed by atoms with Crippen LogP contribution in [0.4, 0.5) is 13.2 Å². The lowest BCUT2D eigenvalue weighted by molar-refractivity contribution is -0.137. The number of alkyl halides is 3. The van der Waals surface area contributed by atoms with Crippen LogP contribution in [0, 0.1) is 0 Å². The first-order valence-corrected chi connectivity index (χ1v) is 10.8. The zero-order valence-electron chi connectivity index (χ0n) is 18.3. The first-order chi connectivity index (χ1) is 15.9. The number of aryl methyl sites for hydroxylation is 1. The van der Waals surface area contributed by atoms with Crippen LogP contribution in [-0.4, -0.2) is 16.2 Å². The summed E-state index contributed by atoms with van der Waals surface area (Å²) in [6, 6.07) is 23.2. The molecular weight excluding hydrogens is 425 g/mol. The lowest BCUT2D eigenvalue weighted by Gasteiger charge is -2.10. The first kappa shape index (κ1) is 22.8. The second-order valence-electron chi connectivity index (χ2n) is 7.97. The summed E-state index contributed by atoms with van der Waals surface area (Å²) in [5, 5.41) is 0. The predicted octanol–water partition coefficient (Wildman–Crippen LogP) is 6.46. The van der Waals surface area contributed by atoms with E-state index >= 15 is 0 Å². The fourth-order valence-electron chi connectivity index (χ4n) is 3.75. The normalized spacial score (nSPS) is 11.6. The maximum Gasteiger partial charge on any atom is 0.416 e. The number of aromatic nitrogens is 2. The summed E-state index contributed by atoms with van der Waals surface area (Å²) in [4.78, 5) is 4.81. The molecule has 0 N–H and O–H groups in total. The number of rotatable bonds is 8. The molecule has 0 amide bonds. The monoisotopic (exact) mass is 450 g/mol. The number of hydrogen-bond acceptors (Lipinski definition) is 2. The first-order valence-electron chi connectivity index (χ1n) is 10.8. The molecule has 0 fully saturated rings. The lowest BCUT2D eigenvalue weighted by atomic mass is 9.97. The molecular formula is C27H25F3N2O. The van der Waals surface area contributed by atoms with E-state index in [4.69, 9.17) is 9.72 Å². The van der Waals surface area contributed by atoms with Crippen molar-refractivity contribution in [2.24, 2.45) is 7.05 Å². The maximum atomic E-state index is 12.9. The SMILES string of the molecule is Cn1cc(-c2ccccc2Cc2ccc(C(F)(F)F)cc2)nc1CCOCc1ccccc1. The van der Waals surface area contributed by atoms with E-state index in [-0.39, 0.29) is 0 Å². The molecule has 170 valence electrons. The molecule has 0 aliphatic heterocycles. The Labute approximate surface area is 191 Å². The molecule has 4 aromatic rings. The fourth-order valence-corrected chi connectivity index (χ4v) is 3.75. The highest BCUT2D eigenvalue weighted by atomic mass is 19.4. The third kappa shape index (κ3) is 5.90. The van der Waals surface area contributed by atoms with Crippen molar-refractivity contribution in [1.82, 2.24) is 9.55 Å². The molecule has 0 aliphatic rings. The van der Waals surface area contributed by atoms with E-state index in [1.165, 1.54) is 12.1 Å². The van der Waals surface area contributed by atoms with Crippen molar-refractivity contribution in [3.63, 3.8) is 0 Å². The van der Waals surface area contributed by atoms with Crippen molar-refractivity contribution in [2.45, 2.75) is 25.6 Å². The highest BCUT2D eigenvalue weighted by molar-refractivity contribution is 5.64. The van der Waals surface area contributed by atoms with Crippen molar-refractivity contribution in [3.05, 3.63) is 113 Å². The molecule has 6 heteroatoms. The number of nitrogens with zero attached hydrogens (tertiary/aromatic N) is 2. The van der Waals surface area contributed by atoms with Gasteiger partial charge in [0.2, 0.25) is 0 Å². The lowest BCUT2D eigenvalue weighted by Crippen LogP contribution is -2.04. The number of ether oxygens (including phenoxy) is 1. The van der Waals surface area contributed by atoms with Gasteiger partial charge in [-0.25, -0.2) is 4.98 Å². The van der Waals surface area contributed by atoms with E-state index in [1.807, 2.05) is 72.4 Å². The zero-order valence-corrected chi connectivity index (χ0v) is 18.3. The predicted molar refractivity (Wildman–Crippen MR) is 123 cm³/mol. The van der Waals surface area contributed by atoms with Gasteiger partial charge < -0.3 is 9.30 Å². The van der Waals surface area contributed by atoms with Crippen molar-refractivity contribution in [3.8, 4) is 11.3 Å². The van der Waals surface area contributed by atoms with Gasteiger partial charge in [0.1, 0.15) is 5.82 Å². The van der Waals surface area contributed by atoms with Gasteiger partial charge in [-0.3, -0.25) is 0 Å². The zero-order chi connectivity index (χ0) is 23.3. The number of imidazole rings is 1. The largest absolute Gasteiger partial charge is 0.416 e. The number of hydrogen-bond donors (Lipinski definition) is 0. The smallest absolute Gasteiger partial charge is 0.376 e. The van der Waals surface area contributed by atoms with Crippen molar-refractivity contribution >= 4 is 0 Å². The second kappa shape index (κ2) is 10.0. The second-order valence-corrected chi connectivity index (χ2v) is 7.97. The summed E-state index contributed by atoms with van der Waals surface area (Å²) in [5.41, 5.74) is 4.16. The standard InChI is InChI=1S/C27H25F3N2O/c1-32-18-25(31-26(32)15-16-33-19-21-7-3-2-4-8-21)24-10-6-5-9-22(24)17-20-11-13-23(14-12-20)27(28,29)30/h2-14,18H,15-17,19H2,1H3. The summed E-state index contributed by atoms with van der Waals surface area (Å²) in [7, 11) is 1.96. The third-order valence-electron chi connectivity index (χ3n) is 5.52.